The average Bonchev–Trinajstić information content (AvgIpc) is 3.20. The molecule has 0 aliphatic carbocycles. The van der Waals surface area contributed by atoms with Gasteiger partial charge in [-0.1, -0.05) is 68.4 Å². The van der Waals surface area contributed by atoms with Gasteiger partial charge in [-0.15, -0.1) is 0 Å². The standard InChI is InChI=1S/C25H34N4O2/c1-3-28(4-2)23(22-12-6-5-7-13-22)18-27-25(31)26-17-20-10-8-11-21(16-20)19-29-15-9-14-24(29)30/h5-8,10-13,16,23H,3-4,9,14-15,17-19H2,1-2H3,(H2,26,27,31). The van der Waals surface area contributed by atoms with Crippen LogP contribution >= 0.6 is 0 Å². The number of carbonyl (C=O) groups is 2. The summed E-state index contributed by atoms with van der Waals surface area (Å²) in [6.45, 7) is 8.60. The van der Waals surface area contributed by atoms with E-state index in [9.17, 15) is 9.59 Å². The lowest BCUT2D eigenvalue weighted by atomic mass is 10.1. The zero-order valence-corrected chi connectivity index (χ0v) is 18.6. The molecule has 3 rings (SSSR count). The number of carbonyl (C=O) groups excluding carboxylic acids is 2. The first-order valence-electron chi connectivity index (χ1n) is 11.3. The van der Waals surface area contributed by atoms with Gasteiger partial charge in [0, 0.05) is 32.6 Å². The van der Waals surface area contributed by atoms with Gasteiger partial charge in [0.05, 0.1) is 6.04 Å². The molecule has 31 heavy (non-hydrogen) atoms. The van der Waals surface area contributed by atoms with Crippen LogP contribution in [0, 0.1) is 0 Å². The van der Waals surface area contributed by atoms with Crippen LogP contribution in [0.3, 0.4) is 0 Å². The largest absolute Gasteiger partial charge is 0.338 e. The summed E-state index contributed by atoms with van der Waals surface area (Å²) in [5.74, 6) is 0.226. The predicted octanol–water partition coefficient (Wildman–Crippen LogP) is 3.69. The van der Waals surface area contributed by atoms with Crippen LogP contribution in [0.25, 0.3) is 0 Å². The molecule has 0 spiro atoms. The Morgan fingerprint density at radius 2 is 1.77 bits per heavy atom. The Labute approximate surface area is 185 Å². The molecule has 0 bridgehead atoms. The van der Waals surface area contributed by atoms with E-state index in [0.29, 0.717) is 26.1 Å². The Hall–Kier alpha value is -2.86. The lowest BCUT2D eigenvalue weighted by Gasteiger charge is -2.30. The first-order valence-corrected chi connectivity index (χ1v) is 11.3. The summed E-state index contributed by atoms with van der Waals surface area (Å²) >= 11 is 0. The molecule has 1 unspecified atom stereocenters. The number of rotatable bonds is 10. The molecular formula is C25H34N4O2. The number of amides is 3. The number of nitrogens with one attached hydrogen (secondary N) is 2. The van der Waals surface area contributed by atoms with E-state index in [1.807, 2.05) is 41.3 Å². The third kappa shape index (κ3) is 6.56. The minimum Gasteiger partial charge on any atom is -0.338 e. The van der Waals surface area contributed by atoms with Gasteiger partial charge in [-0.3, -0.25) is 9.69 Å². The van der Waals surface area contributed by atoms with Crippen LogP contribution in [-0.2, 0) is 17.9 Å². The number of nitrogens with zero attached hydrogens (tertiary/aromatic N) is 2. The van der Waals surface area contributed by atoms with Gasteiger partial charge in [0.2, 0.25) is 5.91 Å². The zero-order valence-electron chi connectivity index (χ0n) is 18.6. The van der Waals surface area contributed by atoms with E-state index in [2.05, 4.69) is 47.6 Å². The van der Waals surface area contributed by atoms with Gasteiger partial charge in [-0.25, -0.2) is 4.79 Å². The number of likely N-dealkylation sites (tertiary alicyclic amines) is 1. The Bertz CT molecular complexity index is 852. The second kappa shape index (κ2) is 11.5. The number of hydrogen-bond acceptors (Lipinski definition) is 3. The maximum Gasteiger partial charge on any atom is 0.315 e. The van der Waals surface area contributed by atoms with Crippen LogP contribution in [0.5, 0.6) is 0 Å². The maximum atomic E-state index is 12.5. The summed E-state index contributed by atoms with van der Waals surface area (Å²) in [5, 5.41) is 6.00. The van der Waals surface area contributed by atoms with Gasteiger partial charge in [0.15, 0.2) is 0 Å². The monoisotopic (exact) mass is 422 g/mol. The lowest BCUT2D eigenvalue weighted by molar-refractivity contribution is -0.128. The van der Waals surface area contributed by atoms with Gasteiger partial charge >= 0.3 is 6.03 Å². The average molecular weight is 423 g/mol. The molecule has 1 aliphatic rings. The van der Waals surface area contributed by atoms with Crippen molar-refractivity contribution < 1.29 is 9.59 Å². The highest BCUT2D eigenvalue weighted by Crippen LogP contribution is 2.19. The topological polar surface area (TPSA) is 64.7 Å². The highest BCUT2D eigenvalue weighted by molar-refractivity contribution is 5.78. The van der Waals surface area contributed by atoms with Crippen LogP contribution in [0.1, 0.15) is 49.4 Å². The van der Waals surface area contributed by atoms with Gasteiger partial charge in [0.25, 0.3) is 0 Å². The Balaban J connectivity index is 1.52. The van der Waals surface area contributed by atoms with Crippen molar-refractivity contribution in [3.63, 3.8) is 0 Å². The minimum absolute atomic E-state index is 0.142. The van der Waals surface area contributed by atoms with Crippen molar-refractivity contribution >= 4 is 11.9 Å². The van der Waals surface area contributed by atoms with Crippen molar-refractivity contribution in [1.82, 2.24) is 20.4 Å². The smallest absolute Gasteiger partial charge is 0.315 e. The van der Waals surface area contributed by atoms with Crippen molar-refractivity contribution in [3.8, 4) is 0 Å². The summed E-state index contributed by atoms with van der Waals surface area (Å²) in [6.07, 6.45) is 1.59. The third-order valence-corrected chi connectivity index (χ3v) is 5.88. The number of benzene rings is 2. The van der Waals surface area contributed by atoms with E-state index in [4.69, 9.17) is 0 Å². The molecule has 1 saturated heterocycles. The molecule has 2 N–H and O–H groups in total. The van der Waals surface area contributed by atoms with Crippen molar-refractivity contribution in [3.05, 3.63) is 71.3 Å². The summed E-state index contributed by atoms with van der Waals surface area (Å²) in [5.41, 5.74) is 3.33. The normalized spacial score (nSPS) is 14.7. The molecular weight excluding hydrogens is 388 g/mol. The first-order chi connectivity index (χ1) is 15.1. The second-order valence-electron chi connectivity index (χ2n) is 7.95. The van der Waals surface area contributed by atoms with E-state index in [1.165, 1.54) is 5.56 Å². The first kappa shape index (κ1) is 22.8. The van der Waals surface area contributed by atoms with E-state index in [-0.39, 0.29) is 18.0 Å². The van der Waals surface area contributed by atoms with Crippen molar-refractivity contribution in [2.75, 3.05) is 26.2 Å². The Morgan fingerprint density at radius 1 is 1.03 bits per heavy atom. The lowest BCUT2D eigenvalue weighted by Crippen LogP contribution is -2.42. The van der Waals surface area contributed by atoms with Crippen LogP contribution in [-0.4, -0.2) is 47.9 Å². The number of hydrogen-bond donors (Lipinski definition) is 2. The highest BCUT2D eigenvalue weighted by atomic mass is 16.2. The molecule has 1 heterocycles. The molecule has 1 fully saturated rings. The summed E-state index contributed by atoms with van der Waals surface area (Å²) in [4.78, 5) is 28.6. The molecule has 0 saturated carbocycles. The van der Waals surface area contributed by atoms with E-state index < -0.39 is 0 Å². The fourth-order valence-electron chi connectivity index (χ4n) is 4.16. The van der Waals surface area contributed by atoms with Gasteiger partial charge in [-0.2, -0.15) is 0 Å². The van der Waals surface area contributed by atoms with E-state index in [0.717, 1.165) is 37.2 Å². The van der Waals surface area contributed by atoms with Gasteiger partial charge < -0.3 is 15.5 Å². The van der Waals surface area contributed by atoms with Crippen molar-refractivity contribution in [1.29, 1.82) is 0 Å². The second-order valence-corrected chi connectivity index (χ2v) is 7.95. The molecule has 166 valence electrons. The quantitative estimate of drug-likeness (QED) is 0.614. The van der Waals surface area contributed by atoms with Crippen LogP contribution in [0.4, 0.5) is 4.79 Å². The van der Waals surface area contributed by atoms with Gasteiger partial charge in [-0.05, 0) is 36.2 Å². The maximum absolute atomic E-state index is 12.5. The Morgan fingerprint density at radius 3 is 2.45 bits per heavy atom. The number of urea groups is 1. The summed E-state index contributed by atoms with van der Waals surface area (Å²) in [6, 6.07) is 18.3. The van der Waals surface area contributed by atoms with E-state index >= 15 is 0 Å². The predicted molar refractivity (Wildman–Crippen MR) is 123 cm³/mol. The van der Waals surface area contributed by atoms with Crippen LogP contribution in [0.2, 0.25) is 0 Å². The minimum atomic E-state index is -0.173. The molecule has 2 aromatic rings. The van der Waals surface area contributed by atoms with Gasteiger partial charge in [0.1, 0.15) is 0 Å². The van der Waals surface area contributed by atoms with Crippen LogP contribution in [0.15, 0.2) is 54.6 Å². The molecule has 0 radical (unpaired) electrons. The highest BCUT2D eigenvalue weighted by Gasteiger charge is 2.20. The molecule has 6 heteroatoms. The fourth-order valence-corrected chi connectivity index (χ4v) is 4.16. The molecule has 6 nitrogen and oxygen atoms in total. The molecule has 1 aliphatic heterocycles. The van der Waals surface area contributed by atoms with Crippen molar-refractivity contribution in [2.45, 2.75) is 45.8 Å². The molecule has 1 atom stereocenters. The summed E-state index contributed by atoms with van der Waals surface area (Å²) in [7, 11) is 0. The third-order valence-electron chi connectivity index (χ3n) is 5.88. The zero-order chi connectivity index (χ0) is 22.1. The molecule has 2 aromatic carbocycles. The molecule has 3 amide bonds. The SMILES string of the molecule is CCN(CC)C(CNC(=O)NCc1cccc(CN2CCCC2=O)c1)c1ccccc1. The van der Waals surface area contributed by atoms with Crippen molar-refractivity contribution in [2.24, 2.45) is 0 Å². The fraction of sp³-hybridized carbons (Fsp3) is 0.440. The van der Waals surface area contributed by atoms with Crippen LogP contribution < -0.4 is 10.6 Å². The van der Waals surface area contributed by atoms with E-state index in [1.54, 1.807) is 0 Å². The summed E-state index contributed by atoms with van der Waals surface area (Å²) < 4.78 is 0. The Kier molecular flexibility index (Phi) is 8.47. The number of likely N-dealkylation sites (N-methyl/N-ethyl adjacent to an activating group) is 1. The molecule has 0 aromatic heterocycles.